The summed E-state index contributed by atoms with van der Waals surface area (Å²) in [5, 5.41) is 4.13. The van der Waals surface area contributed by atoms with Crippen molar-refractivity contribution in [1.29, 1.82) is 0 Å². The molecule has 2 heterocycles. The van der Waals surface area contributed by atoms with Crippen molar-refractivity contribution >= 4 is 28.5 Å². The van der Waals surface area contributed by atoms with E-state index in [9.17, 15) is 9.59 Å². The van der Waals surface area contributed by atoms with Gasteiger partial charge in [0, 0.05) is 17.6 Å². The summed E-state index contributed by atoms with van der Waals surface area (Å²) in [6.45, 7) is 6.16. The lowest BCUT2D eigenvalue weighted by molar-refractivity contribution is 0.0910. The molecule has 1 fully saturated rings. The lowest BCUT2D eigenvalue weighted by Crippen LogP contribution is -2.37. The van der Waals surface area contributed by atoms with E-state index < -0.39 is 5.91 Å². The summed E-state index contributed by atoms with van der Waals surface area (Å²) < 4.78 is 5.85. The normalized spacial score (nSPS) is 15.4. The maximum Gasteiger partial charge on any atom is 0.287 e. The third-order valence-electron chi connectivity index (χ3n) is 5.94. The van der Waals surface area contributed by atoms with Gasteiger partial charge < -0.3 is 9.73 Å². The molecule has 0 aliphatic carbocycles. The van der Waals surface area contributed by atoms with Crippen molar-refractivity contribution in [2.24, 2.45) is 0 Å². The van der Waals surface area contributed by atoms with Gasteiger partial charge in [0.25, 0.3) is 5.91 Å². The highest BCUT2D eigenvalue weighted by atomic mass is 35.5. The number of nitrogens with zero attached hydrogens (tertiary/aromatic N) is 1. The van der Waals surface area contributed by atoms with Gasteiger partial charge in [-0.2, -0.15) is 0 Å². The SMILES string of the molecule is Cc1ccc2c(=O)cc(C(=O)NCC(c3ccccc3Cl)N3CCCC3)oc2c1C. The number of carbonyl (C=O) groups excluding carboxylic acids is 1. The van der Waals surface area contributed by atoms with Gasteiger partial charge in [0.05, 0.1) is 11.4 Å². The first-order valence-electron chi connectivity index (χ1n) is 10.3. The zero-order valence-corrected chi connectivity index (χ0v) is 18.0. The topological polar surface area (TPSA) is 62.6 Å². The van der Waals surface area contributed by atoms with E-state index in [2.05, 4.69) is 10.2 Å². The average Bonchev–Trinajstić information content (AvgIpc) is 3.26. The predicted octanol–water partition coefficient (Wildman–Crippen LogP) is 4.63. The van der Waals surface area contributed by atoms with E-state index in [1.54, 1.807) is 6.07 Å². The molecule has 0 saturated carbocycles. The smallest absolute Gasteiger partial charge is 0.287 e. The van der Waals surface area contributed by atoms with Crippen LogP contribution in [0.5, 0.6) is 0 Å². The second-order valence-corrected chi connectivity index (χ2v) is 8.26. The molecule has 2 aromatic carbocycles. The Morgan fingerprint density at radius 1 is 1.17 bits per heavy atom. The van der Waals surface area contributed by atoms with Crippen molar-refractivity contribution in [2.75, 3.05) is 19.6 Å². The van der Waals surface area contributed by atoms with Crippen LogP contribution in [0.2, 0.25) is 5.02 Å². The van der Waals surface area contributed by atoms with Gasteiger partial charge in [0.1, 0.15) is 5.58 Å². The van der Waals surface area contributed by atoms with E-state index in [0.717, 1.165) is 42.6 Å². The molecule has 0 spiro atoms. The molecule has 5 nitrogen and oxygen atoms in total. The molecule has 1 saturated heterocycles. The van der Waals surface area contributed by atoms with Gasteiger partial charge in [-0.25, -0.2) is 0 Å². The number of hydrogen-bond donors (Lipinski definition) is 1. The average molecular weight is 425 g/mol. The van der Waals surface area contributed by atoms with E-state index in [4.69, 9.17) is 16.0 Å². The van der Waals surface area contributed by atoms with Crippen LogP contribution >= 0.6 is 11.6 Å². The minimum Gasteiger partial charge on any atom is -0.450 e. The molecule has 1 aliphatic heterocycles. The summed E-state index contributed by atoms with van der Waals surface area (Å²) in [7, 11) is 0. The number of likely N-dealkylation sites (tertiary alicyclic amines) is 1. The van der Waals surface area contributed by atoms with Crippen molar-refractivity contribution in [2.45, 2.75) is 32.7 Å². The second-order valence-electron chi connectivity index (χ2n) is 7.85. The Morgan fingerprint density at radius 3 is 2.63 bits per heavy atom. The van der Waals surface area contributed by atoms with Crippen LogP contribution in [-0.4, -0.2) is 30.4 Å². The first-order valence-corrected chi connectivity index (χ1v) is 10.6. The number of benzene rings is 2. The van der Waals surface area contributed by atoms with Gasteiger partial charge in [-0.15, -0.1) is 0 Å². The minimum absolute atomic E-state index is 0.0266. The summed E-state index contributed by atoms with van der Waals surface area (Å²) in [6.07, 6.45) is 2.26. The van der Waals surface area contributed by atoms with E-state index >= 15 is 0 Å². The van der Waals surface area contributed by atoms with Gasteiger partial charge in [0.2, 0.25) is 0 Å². The first kappa shape index (κ1) is 20.6. The fraction of sp³-hybridized carbons (Fsp3) is 0.333. The van der Waals surface area contributed by atoms with Crippen LogP contribution in [-0.2, 0) is 0 Å². The van der Waals surface area contributed by atoms with Crippen LogP contribution in [0.15, 0.2) is 51.7 Å². The predicted molar refractivity (Wildman–Crippen MR) is 119 cm³/mol. The Balaban J connectivity index is 1.60. The van der Waals surface area contributed by atoms with E-state index in [1.165, 1.54) is 6.07 Å². The van der Waals surface area contributed by atoms with Crippen LogP contribution in [0.1, 0.15) is 46.1 Å². The number of rotatable bonds is 5. The molecule has 1 aromatic heterocycles. The van der Waals surface area contributed by atoms with Crippen LogP contribution in [0, 0.1) is 13.8 Å². The summed E-state index contributed by atoms with van der Waals surface area (Å²) in [6, 6.07) is 12.6. The number of fused-ring (bicyclic) bond motifs is 1. The van der Waals surface area contributed by atoms with Gasteiger partial charge in [-0.3, -0.25) is 14.5 Å². The molecule has 6 heteroatoms. The summed E-state index contributed by atoms with van der Waals surface area (Å²) >= 11 is 6.45. The van der Waals surface area contributed by atoms with Crippen molar-refractivity contribution < 1.29 is 9.21 Å². The quantitative estimate of drug-likeness (QED) is 0.648. The Bertz CT molecular complexity index is 1150. The highest BCUT2D eigenvalue weighted by Crippen LogP contribution is 2.30. The fourth-order valence-corrected chi connectivity index (χ4v) is 4.34. The first-order chi connectivity index (χ1) is 14.5. The number of halogens is 1. The number of carbonyl (C=O) groups is 1. The van der Waals surface area contributed by atoms with Crippen LogP contribution < -0.4 is 10.7 Å². The molecule has 156 valence electrons. The molecule has 1 aliphatic rings. The molecular weight excluding hydrogens is 400 g/mol. The Hall–Kier alpha value is -2.63. The Morgan fingerprint density at radius 2 is 1.90 bits per heavy atom. The molecule has 1 atom stereocenters. The van der Waals surface area contributed by atoms with Gasteiger partial charge in [0.15, 0.2) is 11.2 Å². The van der Waals surface area contributed by atoms with E-state index in [1.807, 2.05) is 44.2 Å². The number of nitrogens with one attached hydrogen (secondary N) is 1. The molecule has 30 heavy (non-hydrogen) atoms. The molecular formula is C24H25ClN2O3. The maximum atomic E-state index is 12.9. The number of amides is 1. The largest absolute Gasteiger partial charge is 0.450 e. The van der Waals surface area contributed by atoms with E-state index in [-0.39, 0.29) is 17.2 Å². The fourth-order valence-electron chi connectivity index (χ4n) is 4.07. The Labute approximate surface area is 180 Å². The molecule has 1 N–H and O–H groups in total. The zero-order valence-electron chi connectivity index (χ0n) is 17.2. The number of hydrogen-bond acceptors (Lipinski definition) is 4. The summed E-state index contributed by atoms with van der Waals surface area (Å²) in [5.74, 6) is -0.369. The van der Waals surface area contributed by atoms with Crippen LogP contribution in [0.25, 0.3) is 11.0 Å². The van der Waals surface area contributed by atoms with E-state index in [0.29, 0.717) is 22.5 Å². The third kappa shape index (κ3) is 4.00. The molecule has 3 aromatic rings. The van der Waals surface area contributed by atoms with Crippen LogP contribution in [0.4, 0.5) is 0 Å². The summed E-state index contributed by atoms with van der Waals surface area (Å²) in [5.41, 5.74) is 3.12. The third-order valence-corrected chi connectivity index (χ3v) is 6.29. The lowest BCUT2D eigenvalue weighted by Gasteiger charge is -2.28. The monoisotopic (exact) mass is 424 g/mol. The maximum absolute atomic E-state index is 12.9. The second kappa shape index (κ2) is 8.62. The number of aryl methyl sites for hydroxylation is 2. The van der Waals surface area contributed by atoms with Crippen molar-refractivity contribution in [3.8, 4) is 0 Å². The molecule has 1 unspecified atom stereocenters. The highest BCUT2D eigenvalue weighted by molar-refractivity contribution is 6.31. The summed E-state index contributed by atoms with van der Waals surface area (Å²) in [4.78, 5) is 27.7. The Kier molecular flexibility index (Phi) is 5.93. The van der Waals surface area contributed by atoms with Crippen molar-refractivity contribution in [3.05, 3.63) is 80.2 Å². The zero-order chi connectivity index (χ0) is 21.3. The highest BCUT2D eigenvalue weighted by Gasteiger charge is 2.26. The van der Waals surface area contributed by atoms with Gasteiger partial charge >= 0.3 is 0 Å². The standard InChI is InChI=1S/C24H25ClN2O3/c1-15-9-10-18-21(28)13-22(30-23(18)16(15)2)24(29)26-14-20(27-11-5-6-12-27)17-7-3-4-8-19(17)25/h3-4,7-10,13,20H,5-6,11-12,14H2,1-2H3,(H,26,29). The molecule has 0 radical (unpaired) electrons. The molecule has 0 bridgehead atoms. The lowest BCUT2D eigenvalue weighted by atomic mass is 10.0. The molecule has 1 amide bonds. The van der Waals surface area contributed by atoms with Crippen LogP contribution in [0.3, 0.4) is 0 Å². The van der Waals surface area contributed by atoms with Gasteiger partial charge in [-0.05, 0) is 68.6 Å². The van der Waals surface area contributed by atoms with Crippen molar-refractivity contribution in [3.63, 3.8) is 0 Å². The minimum atomic E-state index is -0.397. The van der Waals surface area contributed by atoms with Gasteiger partial charge in [-0.1, -0.05) is 35.9 Å². The molecule has 4 rings (SSSR count). The van der Waals surface area contributed by atoms with Crippen molar-refractivity contribution in [1.82, 2.24) is 10.2 Å².